The third-order valence-electron chi connectivity index (χ3n) is 10.2. The lowest BCUT2D eigenvalue weighted by molar-refractivity contribution is 0.668. The minimum atomic E-state index is 0.857. The summed E-state index contributed by atoms with van der Waals surface area (Å²) in [6.45, 7) is 4.31. The molecule has 0 saturated heterocycles. The average Bonchev–Trinajstić information content (AvgIpc) is 3.71. The zero-order valence-electron chi connectivity index (χ0n) is 28.9. The predicted molar refractivity (Wildman–Crippen MR) is 217 cm³/mol. The van der Waals surface area contributed by atoms with E-state index in [4.69, 9.17) is 8.83 Å². The Morgan fingerprint density at radius 1 is 0.327 bits per heavy atom. The Bertz CT molecular complexity index is 2740. The van der Waals surface area contributed by atoms with Crippen LogP contribution in [0.15, 0.2) is 179 Å². The van der Waals surface area contributed by atoms with Gasteiger partial charge < -0.3 is 18.6 Å². The highest BCUT2D eigenvalue weighted by Gasteiger charge is 2.19. The monoisotopic (exact) mass is 670 g/mol. The van der Waals surface area contributed by atoms with Gasteiger partial charge in [-0.2, -0.15) is 0 Å². The molecule has 0 atom stereocenters. The molecule has 52 heavy (non-hydrogen) atoms. The molecule has 10 aromatic rings. The molecule has 2 aromatic heterocycles. The van der Waals surface area contributed by atoms with E-state index in [1.54, 1.807) is 0 Å². The van der Waals surface area contributed by atoms with E-state index in [9.17, 15) is 0 Å². The van der Waals surface area contributed by atoms with Gasteiger partial charge in [-0.15, -0.1) is 0 Å². The number of aryl methyl sites for hydroxylation is 2. The Kier molecular flexibility index (Phi) is 6.90. The molecule has 2 heterocycles. The molecule has 8 aromatic carbocycles. The molecule has 0 saturated carbocycles. The number of hydrogen-bond acceptors (Lipinski definition) is 4. The minimum absolute atomic E-state index is 0.857. The van der Waals surface area contributed by atoms with Gasteiger partial charge in [0.1, 0.15) is 22.3 Å². The molecule has 0 N–H and O–H groups in total. The number of nitrogens with zero attached hydrogens (tertiary/aromatic N) is 2. The largest absolute Gasteiger partial charge is 0.456 e. The van der Waals surface area contributed by atoms with Crippen molar-refractivity contribution < 1.29 is 8.83 Å². The molecule has 0 spiro atoms. The summed E-state index contributed by atoms with van der Waals surface area (Å²) in [5.74, 6) is 0. The second-order valence-corrected chi connectivity index (χ2v) is 13.5. The Hall–Kier alpha value is -6.78. The number of hydrogen-bond donors (Lipinski definition) is 0. The van der Waals surface area contributed by atoms with Gasteiger partial charge in [-0.1, -0.05) is 72.8 Å². The van der Waals surface area contributed by atoms with E-state index in [2.05, 4.69) is 194 Å². The van der Waals surface area contributed by atoms with Crippen LogP contribution in [0.4, 0.5) is 34.1 Å². The van der Waals surface area contributed by atoms with Crippen LogP contribution in [-0.4, -0.2) is 0 Å². The van der Waals surface area contributed by atoms with Crippen molar-refractivity contribution in [2.45, 2.75) is 13.8 Å². The van der Waals surface area contributed by atoms with Gasteiger partial charge in [-0.3, -0.25) is 0 Å². The summed E-state index contributed by atoms with van der Waals surface area (Å²) in [6.07, 6.45) is 0. The van der Waals surface area contributed by atoms with Gasteiger partial charge in [-0.05, 0) is 121 Å². The van der Waals surface area contributed by atoms with Crippen molar-refractivity contribution in [2.24, 2.45) is 0 Å². The van der Waals surface area contributed by atoms with Crippen LogP contribution in [0.1, 0.15) is 11.1 Å². The van der Waals surface area contributed by atoms with Gasteiger partial charge in [0, 0.05) is 67.8 Å². The fourth-order valence-corrected chi connectivity index (χ4v) is 7.69. The molecule has 0 aliphatic carbocycles. The lowest BCUT2D eigenvalue weighted by atomic mass is 10.0. The maximum absolute atomic E-state index is 6.60. The lowest BCUT2D eigenvalue weighted by Crippen LogP contribution is -2.10. The van der Waals surface area contributed by atoms with Crippen LogP contribution >= 0.6 is 0 Å². The molecule has 0 bridgehead atoms. The summed E-state index contributed by atoms with van der Waals surface area (Å²) in [6, 6.07) is 59.9. The Morgan fingerprint density at radius 2 is 0.712 bits per heavy atom. The van der Waals surface area contributed by atoms with Crippen LogP contribution < -0.4 is 9.80 Å². The van der Waals surface area contributed by atoms with Crippen molar-refractivity contribution in [3.05, 3.63) is 181 Å². The SMILES string of the molecule is Cc1ccccc1N(c1ccccc1)c1ccc2c(c1)oc1cc3cc4oc5cc(N(c6ccccc6)c6ccccc6C)ccc5c4cc3cc12. The van der Waals surface area contributed by atoms with Crippen molar-refractivity contribution in [3.63, 3.8) is 0 Å². The number of rotatable bonds is 6. The molecule has 0 aliphatic heterocycles. The minimum Gasteiger partial charge on any atom is -0.456 e. The van der Waals surface area contributed by atoms with Gasteiger partial charge in [0.2, 0.25) is 0 Å². The average molecular weight is 671 g/mol. The number of fused-ring (bicyclic) bond motifs is 7. The quantitative estimate of drug-likeness (QED) is 0.176. The molecule has 0 fully saturated rings. The normalized spacial score (nSPS) is 11.7. The van der Waals surface area contributed by atoms with Crippen molar-refractivity contribution in [1.29, 1.82) is 0 Å². The van der Waals surface area contributed by atoms with Gasteiger partial charge in [0.15, 0.2) is 0 Å². The van der Waals surface area contributed by atoms with Crippen LogP contribution in [-0.2, 0) is 0 Å². The van der Waals surface area contributed by atoms with Crippen LogP contribution in [0.2, 0.25) is 0 Å². The summed E-state index contributed by atoms with van der Waals surface area (Å²) < 4.78 is 13.2. The third kappa shape index (κ3) is 4.91. The second-order valence-electron chi connectivity index (χ2n) is 13.5. The Morgan fingerprint density at radius 3 is 1.15 bits per heavy atom. The van der Waals surface area contributed by atoms with Crippen LogP contribution in [0.5, 0.6) is 0 Å². The smallest absolute Gasteiger partial charge is 0.137 e. The zero-order chi connectivity index (χ0) is 34.8. The topological polar surface area (TPSA) is 32.8 Å². The molecule has 0 aliphatic rings. The van der Waals surface area contributed by atoms with Crippen molar-refractivity contribution in [2.75, 3.05) is 9.80 Å². The summed E-state index contributed by atoms with van der Waals surface area (Å²) in [7, 11) is 0. The van der Waals surface area contributed by atoms with E-state index in [1.807, 2.05) is 0 Å². The first-order valence-corrected chi connectivity index (χ1v) is 17.7. The van der Waals surface area contributed by atoms with E-state index < -0.39 is 0 Å². The standard InChI is InChI=1S/C48H34N2O2/c1-31-13-9-11-19-43(31)49(35-15-5-3-6-16-35)37-21-23-39-41-25-33-26-42-40-24-22-38(50(36-17-7-4-8-18-36)44-20-12-10-14-32(44)2)30-48(40)52-46(42)28-34(33)27-45(41)51-47(39)29-37/h3-30H,1-2H3. The third-order valence-corrected chi connectivity index (χ3v) is 10.2. The molecule has 0 radical (unpaired) electrons. The maximum atomic E-state index is 6.60. The molecule has 248 valence electrons. The maximum Gasteiger partial charge on any atom is 0.137 e. The van der Waals surface area contributed by atoms with Crippen LogP contribution in [0.3, 0.4) is 0 Å². The number of benzene rings is 8. The summed E-state index contributed by atoms with van der Waals surface area (Å²) in [4.78, 5) is 4.59. The van der Waals surface area contributed by atoms with Gasteiger partial charge in [-0.25, -0.2) is 0 Å². The first kappa shape index (κ1) is 30.1. The highest BCUT2D eigenvalue weighted by molar-refractivity contribution is 6.15. The summed E-state index contributed by atoms with van der Waals surface area (Å²) in [5, 5.41) is 6.62. The number of para-hydroxylation sites is 4. The fourth-order valence-electron chi connectivity index (χ4n) is 7.69. The van der Waals surface area contributed by atoms with Crippen LogP contribution in [0, 0.1) is 13.8 Å². The molecule has 4 nitrogen and oxygen atoms in total. The zero-order valence-corrected chi connectivity index (χ0v) is 28.9. The van der Waals surface area contributed by atoms with E-state index in [1.165, 1.54) is 11.1 Å². The highest BCUT2D eigenvalue weighted by Crippen LogP contribution is 2.43. The van der Waals surface area contributed by atoms with Crippen molar-refractivity contribution >= 4 is 88.8 Å². The predicted octanol–water partition coefficient (Wildman–Crippen LogP) is 14.2. The highest BCUT2D eigenvalue weighted by atomic mass is 16.3. The second kappa shape index (κ2) is 11.9. The summed E-state index contributed by atoms with van der Waals surface area (Å²) >= 11 is 0. The summed E-state index contributed by atoms with van der Waals surface area (Å²) in [5.41, 5.74) is 12.4. The lowest BCUT2D eigenvalue weighted by Gasteiger charge is -2.26. The Balaban J connectivity index is 1.08. The van der Waals surface area contributed by atoms with E-state index >= 15 is 0 Å². The molecular weight excluding hydrogens is 637 g/mol. The van der Waals surface area contributed by atoms with Gasteiger partial charge in [0.05, 0.1) is 0 Å². The first-order valence-electron chi connectivity index (χ1n) is 17.7. The molecule has 4 heteroatoms. The van der Waals surface area contributed by atoms with Gasteiger partial charge >= 0.3 is 0 Å². The van der Waals surface area contributed by atoms with Crippen molar-refractivity contribution in [3.8, 4) is 0 Å². The first-order chi connectivity index (χ1) is 25.6. The molecule has 0 unspecified atom stereocenters. The molecular formula is C48H34N2O2. The van der Waals surface area contributed by atoms with Gasteiger partial charge in [0.25, 0.3) is 0 Å². The number of anilines is 6. The van der Waals surface area contributed by atoms with Crippen LogP contribution in [0.25, 0.3) is 54.6 Å². The Labute approximate surface area is 301 Å². The molecule has 0 amide bonds. The van der Waals surface area contributed by atoms with E-state index in [0.29, 0.717) is 0 Å². The number of furan rings is 2. The fraction of sp³-hybridized carbons (Fsp3) is 0.0417. The van der Waals surface area contributed by atoms with Crippen molar-refractivity contribution in [1.82, 2.24) is 0 Å². The molecule has 10 rings (SSSR count). The van der Waals surface area contributed by atoms with E-state index in [0.717, 1.165) is 88.8 Å². The van der Waals surface area contributed by atoms with E-state index in [-0.39, 0.29) is 0 Å².